The Hall–Kier alpha value is -2.03. The second-order valence-corrected chi connectivity index (χ2v) is 6.10. The summed E-state index contributed by atoms with van der Waals surface area (Å²) in [5.41, 5.74) is 0.770. The lowest BCUT2D eigenvalue weighted by atomic mass is 10.1. The molecular weight excluding hydrogens is 286 g/mol. The van der Waals surface area contributed by atoms with E-state index in [0.29, 0.717) is 6.42 Å². The Bertz CT molecular complexity index is 637. The standard InChI is InChI=1S/C20H27NO2/c1-2-3-4-5-6-7-8-13-20(23)21-18-14-15-19(22)17-12-10-9-11-16(17)18/h9-12,14-15,22H,2-8,13H2,1H3,(H,21,23). The number of unbranched alkanes of at least 4 members (excludes halogenated alkanes) is 6. The van der Waals surface area contributed by atoms with Crippen molar-refractivity contribution in [1.82, 2.24) is 0 Å². The lowest BCUT2D eigenvalue weighted by molar-refractivity contribution is -0.116. The fourth-order valence-electron chi connectivity index (χ4n) is 2.85. The first kappa shape index (κ1) is 17.3. The molecule has 0 aromatic heterocycles. The van der Waals surface area contributed by atoms with Crippen LogP contribution >= 0.6 is 0 Å². The summed E-state index contributed by atoms with van der Waals surface area (Å²) in [6.45, 7) is 2.22. The van der Waals surface area contributed by atoms with E-state index in [1.807, 2.05) is 24.3 Å². The molecule has 0 atom stereocenters. The minimum absolute atomic E-state index is 0.0504. The van der Waals surface area contributed by atoms with Gasteiger partial charge in [-0.3, -0.25) is 4.79 Å². The van der Waals surface area contributed by atoms with Crippen LogP contribution in [0.25, 0.3) is 10.8 Å². The molecule has 0 bridgehead atoms. The van der Waals surface area contributed by atoms with Crippen LogP contribution in [0.15, 0.2) is 36.4 Å². The van der Waals surface area contributed by atoms with Gasteiger partial charge in [-0.25, -0.2) is 0 Å². The summed E-state index contributed by atoms with van der Waals surface area (Å²) in [4.78, 5) is 12.1. The molecule has 0 aliphatic rings. The molecule has 2 rings (SSSR count). The summed E-state index contributed by atoms with van der Waals surface area (Å²) in [7, 11) is 0. The molecule has 2 N–H and O–H groups in total. The van der Waals surface area contributed by atoms with E-state index in [1.54, 1.807) is 12.1 Å². The predicted octanol–water partition coefficient (Wildman–Crippen LogP) is 5.62. The summed E-state index contributed by atoms with van der Waals surface area (Å²) >= 11 is 0. The number of nitrogens with one attached hydrogen (secondary N) is 1. The highest BCUT2D eigenvalue weighted by atomic mass is 16.3. The summed E-state index contributed by atoms with van der Waals surface area (Å²) in [5.74, 6) is 0.292. The topological polar surface area (TPSA) is 49.3 Å². The first-order valence-corrected chi connectivity index (χ1v) is 8.73. The zero-order chi connectivity index (χ0) is 16.5. The summed E-state index contributed by atoms with van der Waals surface area (Å²) < 4.78 is 0. The highest BCUT2D eigenvalue weighted by molar-refractivity contribution is 6.04. The Labute approximate surface area is 138 Å². The number of aromatic hydroxyl groups is 1. The third-order valence-corrected chi connectivity index (χ3v) is 4.18. The molecule has 23 heavy (non-hydrogen) atoms. The maximum atomic E-state index is 12.1. The van der Waals surface area contributed by atoms with Crippen molar-refractivity contribution >= 4 is 22.4 Å². The van der Waals surface area contributed by atoms with Crippen LogP contribution in [0.5, 0.6) is 5.75 Å². The van der Waals surface area contributed by atoms with Gasteiger partial charge in [-0.1, -0.05) is 69.7 Å². The molecule has 2 aromatic rings. The van der Waals surface area contributed by atoms with Crippen molar-refractivity contribution < 1.29 is 9.90 Å². The van der Waals surface area contributed by atoms with E-state index in [9.17, 15) is 9.90 Å². The molecule has 0 heterocycles. The third kappa shape index (κ3) is 5.27. The molecule has 3 heteroatoms. The molecule has 0 aliphatic heterocycles. The van der Waals surface area contributed by atoms with Crippen LogP contribution in [0.1, 0.15) is 58.3 Å². The van der Waals surface area contributed by atoms with Crippen LogP contribution in [0, 0.1) is 0 Å². The van der Waals surface area contributed by atoms with Crippen molar-refractivity contribution in [1.29, 1.82) is 0 Å². The summed E-state index contributed by atoms with van der Waals surface area (Å²) in [5, 5.41) is 14.5. The van der Waals surface area contributed by atoms with Gasteiger partial charge in [0, 0.05) is 22.9 Å². The molecule has 0 aliphatic carbocycles. The van der Waals surface area contributed by atoms with Crippen molar-refractivity contribution in [2.24, 2.45) is 0 Å². The molecule has 1 amide bonds. The molecule has 124 valence electrons. The average Bonchev–Trinajstić information content (AvgIpc) is 2.57. The lowest BCUT2D eigenvalue weighted by Gasteiger charge is -2.10. The Balaban J connectivity index is 1.81. The fraction of sp³-hybridized carbons (Fsp3) is 0.450. The third-order valence-electron chi connectivity index (χ3n) is 4.18. The van der Waals surface area contributed by atoms with Gasteiger partial charge in [0.1, 0.15) is 5.75 Å². The molecule has 2 aromatic carbocycles. The number of fused-ring (bicyclic) bond motifs is 1. The van der Waals surface area contributed by atoms with Crippen molar-refractivity contribution in [2.45, 2.75) is 58.3 Å². The number of amides is 1. The molecule has 3 nitrogen and oxygen atoms in total. The number of phenols is 1. The monoisotopic (exact) mass is 313 g/mol. The van der Waals surface area contributed by atoms with Gasteiger partial charge in [-0.2, -0.15) is 0 Å². The second kappa shape index (κ2) is 9.19. The van der Waals surface area contributed by atoms with Gasteiger partial charge in [0.15, 0.2) is 0 Å². The molecule has 0 saturated heterocycles. The Morgan fingerprint density at radius 1 is 0.913 bits per heavy atom. The average molecular weight is 313 g/mol. The van der Waals surface area contributed by atoms with Crippen LogP contribution < -0.4 is 5.32 Å². The Morgan fingerprint density at radius 3 is 2.30 bits per heavy atom. The number of carbonyl (C=O) groups excluding carboxylic acids is 1. The largest absolute Gasteiger partial charge is 0.507 e. The Morgan fingerprint density at radius 2 is 1.57 bits per heavy atom. The number of carbonyl (C=O) groups is 1. The van der Waals surface area contributed by atoms with E-state index in [-0.39, 0.29) is 11.7 Å². The van der Waals surface area contributed by atoms with Gasteiger partial charge in [-0.15, -0.1) is 0 Å². The smallest absolute Gasteiger partial charge is 0.224 e. The van der Waals surface area contributed by atoms with Crippen molar-refractivity contribution in [3.8, 4) is 5.75 Å². The van der Waals surface area contributed by atoms with E-state index < -0.39 is 0 Å². The second-order valence-electron chi connectivity index (χ2n) is 6.10. The minimum atomic E-state index is 0.0504. The first-order chi connectivity index (χ1) is 11.2. The molecule has 0 fully saturated rings. The van der Waals surface area contributed by atoms with E-state index in [2.05, 4.69) is 12.2 Å². The fourth-order valence-corrected chi connectivity index (χ4v) is 2.85. The van der Waals surface area contributed by atoms with Crippen molar-refractivity contribution in [3.05, 3.63) is 36.4 Å². The van der Waals surface area contributed by atoms with E-state index in [4.69, 9.17) is 0 Å². The normalized spacial score (nSPS) is 10.8. The Kier molecular flexibility index (Phi) is 6.92. The number of anilines is 1. The van der Waals surface area contributed by atoms with E-state index >= 15 is 0 Å². The molecule has 0 unspecified atom stereocenters. The van der Waals surface area contributed by atoms with E-state index in [0.717, 1.165) is 29.3 Å². The molecule has 0 radical (unpaired) electrons. The molecular formula is C20H27NO2. The number of hydrogen-bond acceptors (Lipinski definition) is 2. The zero-order valence-electron chi connectivity index (χ0n) is 14.0. The molecule has 0 saturated carbocycles. The zero-order valence-corrected chi connectivity index (χ0v) is 14.0. The summed E-state index contributed by atoms with van der Waals surface area (Å²) in [6, 6.07) is 11.0. The maximum Gasteiger partial charge on any atom is 0.224 e. The highest BCUT2D eigenvalue weighted by Gasteiger charge is 2.08. The van der Waals surface area contributed by atoms with Crippen LogP contribution in [0.2, 0.25) is 0 Å². The van der Waals surface area contributed by atoms with Gasteiger partial charge in [0.2, 0.25) is 5.91 Å². The SMILES string of the molecule is CCCCCCCCCC(=O)Nc1ccc(O)c2ccccc12. The van der Waals surface area contributed by atoms with Crippen molar-refractivity contribution in [2.75, 3.05) is 5.32 Å². The quantitative estimate of drug-likeness (QED) is 0.466. The van der Waals surface area contributed by atoms with Crippen molar-refractivity contribution in [3.63, 3.8) is 0 Å². The van der Waals surface area contributed by atoms with Crippen LogP contribution in [-0.2, 0) is 4.79 Å². The maximum absolute atomic E-state index is 12.1. The van der Waals surface area contributed by atoms with Gasteiger partial charge in [0.05, 0.1) is 0 Å². The number of phenolic OH excluding ortho intramolecular Hbond substituents is 1. The van der Waals surface area contributed by atoms with E-state index in [1.165, 1.54) is 32.1 Å². The highest BCUT2D eigenvalue weighted by Crippen LogP contribution is 2.30. The van der Waals surface area contributed by atoms with Crippen LogP contribution in [0.4, 0.5) is 5.69 Å². The molecule has 0 spiro atoms. The number of hydrogen-bond donors (Lipinski definition) is 2. The number of rotatable bonds is 9. The number of benzene rings is 2. The van der Waals surface area contributed by atoms with Gasteiger partial charge in [-0.05, 0) is 18.6 Å². The van der Waals surface area contributed by atoms with Gasteiger partial charge < -0.3 is 10.4 Å². The van der Waals surface area contributed by atoms with Crippen LogP contribution in [0.3, 0.4) is 0 Å². The van der Waals surface area contributed by atoms with Crippen LogP contribution in [-0.4, -0.2) is 11.0 Å². The van der Waals surface area contributed by atoms with Gasteiger partial charge >= 0.3 is 0 Å². The van der Waals surface area contributed by atoms with Gasteiger partial charge in [0.25, 0.3) is 0 Å². The summed E-state index contributed by atoms with van der Waals surface area (Å²) in [6.07, 6.45) is 9.00. The lowest BCUT2D eigenvalue weighted by Crippen LogP contribution is -2.11. The first-order valence-electron chi connectivity index (χ1n) is 8.73. The minimum Gasteiger partial charge on any atom is -0.507 e. The predicted molar refractivity (Wildman–Crippen MR) is 96.9 cm³/mol.